The van der Waals surface area contributed by atoms with Crippen LogP contribution in [-0.4, -0.2) is 18.0 Å². The van der Waals surface area contributed by atoms with E-state index in [1.807, 2.05) is 13.8 Å². The number of rotatable bonds is 3. The van der Waals surface area contributed by atoms with E-state index in [1.165, 1.54) is 6.42 Å². The minimum atomic E-state index is -0.342. The SMILES string of the molecule is CC(C)C(N)C(=O)NC1CCC1. The van der Waals surface area contributed by atoms with Gasteiger partial charge in [-0.25, -0.2) is 0 Å². The lowest BCUT2D eigenvalue weighted by Crippen LogP contribution is -2.49. The summed E-state index contributed by atoms with van der Waals surface area (Å²) in [6.45, 7) is 3.93. The van der Waals surface area contributed by atoms with E-state index in [4.69, 9.17) is 5.73 Å². The molecular weight excluding hydrogens is 152 g/mol. The molecule has 1 amide bonds. The average molecular weight is 170 g/mol. The summed E-state index contributed by atoms with van der Waals surface area (Å²) in [5, 5.41) is 2.93. The Kier molecular flexibility index (Phi) is 3.09. The second-order valence-corrected chi connectivity index (χ2v) is 3.91. The largest absolute Gasteiger partial charge is 0.352 e. The van der Waals surface area contributed by atoms with Crippen molar-refractivity contribution in [1.82, 2.24) is 5.32 Å². The van der Waals surface area contributed by atoms with Gasteiger partial charge in [0.15, 0.2) is 0 Å². The molecule has 1 unspecified atom stereocenters. The molecule has 1 rings (SSSR count). The van der Waals surface area contributed by atoms with Crippen molar-refractivity contribution in [3.63, 3.8) is 0 Å². The number of nitrogens with one attached hydrogen (secondary N) is 1. The van der Waals surface area contributed by atoms with E-state index >= 15 is 0 Å². The van der Waals surface area contributed by atoms with E-state index in [1.54, 1.807) is 0 Å². The average Bonchev–Trinajstić information content (AvgIpc) is 1.94. The van der Waals surface area contributed by atoms with Crippen molar-refractivity contribution >= 4 is 5.91 Å². The van der Waals surface area contributed by atoms with Gasteiger partial charge < -0.3 is 11.1 Å². The van der Waals surface area contributed by atoms with Gasteiger partial charge in [-0.15, -0.1) is 0 Å². The Morgan fingerprint density at radius 2 is 2.08 bits per heavy atom. The van der Waals surface area contributed by atoms with Crippen LogP contribution in [0.4, 0.5) is 0 Å². The molecule has 1 fully saturated rings. The van der Waals surface area contributed by atoms with Gasteiger partial charge in [0, 0.05) is 6.04 Å². The van der Waals surface area contributed by atoms with Crippen molar-refractivity contribution < 1.29 is 4.79 Å². The summed E-state index contributed by atoms with van der Waals surface area (Å²) in [6, 6.07) is 0.0629. The molecule has 0 spiro atoms. The van der Waals surface area contributed by atoms with E-state index in [0.717, 1.165) is 12.8 Å². The topological polar surface area (TPSA) is 55.1 Å². The van der Waals surface area contributed by atoms with Gasteiger partial charge in [-0.05, 0) is 25.2 Å². The summed E-state index contributed by atoms with van der Waals surface area (Å²) < 4.78 is 0. The van der Waals surface area contributed by atoms with Gasteiger partial charge in [0.1, 0.15) is 0 Å². The summed E-state index contributed by atoms with van der Waals surface area (Å²) in [5.74, 6) is 0.236. The minimum Gasteiger partial charge on any atom is -0.352 e. The van der Waals surface area contributed by atoms with Crippen LogP contribution in [0.25, 0.3) is 0 Å². The van der Waals surface area contributed by atoms with Gasteiger partial charge in [0.2, 0.25) is 5.91 Å². The Hall–Kier alpha value is -0.570. The van der Waals surface area contributed by atoms with Crippen molar-refractivity contribution in [3.8, 4) is 0 Å². The first kappa shape index (κ1) is 9.52. The number of carbonyl (C=O) groups excluding carboxylic acids is 1. The van der Waals surface area contributed by atoms with Crippen molar-refractivity contribution in [2.75, 3.05) is 0 Å². The summed E-state index contributed by atoms with van der Waals surface area (Å²) in [4.78, 5) is 11.4. The zero-order valence-electron chi connectivity index (χ0n) is 7.84. The van der Waals surface area contributed by atoms with E-state index in [9.17, 15) is 4.79 Å². The van der Waals surface area contributed by atoms with Crippen molar-refractivity contribution in [2.45, 2.75) is 45.2 Å². The second kappa shape index (κ2) is 3.90. The fraction of sp³-hybridized carbons (Fsp3) is 0.889. The summed E-state index contributed by atoms with van der Waals surface area (Å²) in [7, 11) is 0. The lowest BCUT2D eigenvalue weighted by atomic mass is 9.92. The van der Waals surface area contributed by atoms with Gasteiger partial charge in [-0.1, -0.05) is 13.8 Å². The smallest absolute Gasteiger partial charge is 0.237 e. The molecule has 0 saturated heterocycles. The maximum absolute atomic E-state index is 11.4. The van der Waals surface area contributed by atoms with Gasteiger partial charge in [-0.2, -0.15) is 0 Å². The van der Waals surface area contributed by atoms with Crippen LogP contribution in [0, 0.1) is 5.92 Å². The van der Waals surface area contributed by atoms with E-state index in [2.05, 4.69) is 5.32 Å². The van der Waals surface area contributed by atoms with Crippen LogP contribution in [-0.2, 0) is 4.79 Å². The van der Waals surface area contributed by atoms with Gasteiger partial charge >= 0.3 is 0 Å². The van der Waals surface area contributed by atoms with E-state index in [-0.39, 0.29) is 17.9 Å². The highest BCUT2D eigenvalue weighted by Gasteiger charge is 2.23. The molecule has 0 aromatic heterocycles. The lowest BCUT2D eigenvalue weighted by Gasteiger charge is -2.28. The molecule has 0 aliphatic heterocycles. The first-order valence-corrected chi connectivity index (χ1v) is 4.67. The Labute approximate surface area is 73.7 Å². The van der Waals surface area contributed by atoms with Crippen LogP contribution in [0.15, 0.2) is 0 Å². The molecule has 0 heterocycles. The van der Waals surface area contributed by atoms with Crippen LogP contribution in [0.3, 0.4) is 0 Å². The molecule has 1 aliphatic rings. The molecule has 1 aliphatic carbocycles. The number of amides is 1. The fourth-order valence-electron chi connectivity index (χ4n) is 1.15. The molecule has 1 atom stereocenters. The lowest BCUT2D eigenvalue weighted by molar-refractivity contribution is -0.124. The fourth-order valence-corrected chi connectivity index (χ4v) is 1.15. The van der Waals surface area contributed by atoms with Crippen molar-refractivity contribution in [3.05, 3.63) is 0 Å². The van der Waals surface area contributed by atoms with Gasteiger partial charge in [0.05, 0.1) is 6.04 Å². The first-order chi connectivity index (χ1) is 5.61. The minimum absolute atomic E-state index is 0.00898. The predicted octanol–water partition coefficient (Wildman–Crippen LogP) is 0.638. The quantitative estimate of drug-likeness (QED) is 0.653. The van der Waals surface area contributed by atoms with Crippen LogP contribution < -0.4 is 11.1 Å². The molecule has 0 aromatic rings. The summed E-state index contributed by atoms with van der Waals surface area (Å²) in [5.41, 5.74) is 5.68. The van der Waals surface area contributed by atoms with E-state index in [0.29, 0.717) is 6.04 Å². The highest BCUT2D eigenvalue weighted by atomic mass is 16.2. The standard InChI is InChI=1S/C9H18N2O/c1-6(2)8(10)9(12)11-7-4-3-5-7/h6-8H,3-5,10H2,1-2H3,(H,11,12). The van der Waals surface area contributed by atoms with Crippen LogP contribution in [0.5, 0.6) is 0 Å². The van der Waals surface area contributed by atoms with Crippen LogP contribution in [0.2, 0.25) is 0 Å². The molecule has 3 heteroatoms. The Balaban J connectivity index is 2.26. The maximum Gasteiger partial charge on any atom is 0.237 e. The normalized spacial score (nSPS) is 20.3. The third-order valence-electron chi connectivity index (χ3n) is 2.47. The van der Waals surface area contributed by atoms with Gasteiger partial charge in [-0.3, -0.25) is 4.79 Å². The van der Waals surface area contributed by atoms with E-state index < -0.39 is 0 Å². The Morgan fingerprint density at radius 3 is 2.42 bits per heavy atom. The zero-order chi connectivity index (χ0) is 9.14. The molecule has 70 valence electrons. The third kappa shape index (κ3) is 2.21. The highest BCUT2D eigenvalue weighted by Crippen LogP contribution is 2.18. The number of hydrogen-bond acceptors (Lipinski definition) is 2. The number of nitrogens with two attached hydrogens (primary N) is 1. The molecule has 0 aromatic carbocycles. The van der Waals surface area contributed by atoms with Crippen molar-refractivity contribution in [2.24, 2.45) is 11.7 Å². The van der Waals surface area contributed by atoms with Crippen molar-refractivity contribution in [1.29, 1.82) is 0 Å². The van der Waals surface area contributed by atoms with Gasteiger partial charge in [0.25, 0.3) is 0 Å². The molecule has 1 saturated carbocycles. The number of carbonyl (C=O) groups is 1. The molecule has 0 radical (unpaired) electrons. The monoisotopic (exact) mass is 170 g/mol. The van der Waals surface area contributed by atoms with Crippen LogP contribution >= 0.6 is 0 Å². The summed E-state index contributed by atoms with van der Waals surface area (Å²) in [6.07, 6.45) is 3.48. The highest BCUT2D eigenvalue weighted by molar-refractivity contribution is 5.82. The molecule has 3 nitrogen and oxygen atoms in total. The Bertz CT molecular complexity index is 164. The maximum atomic E-state index is 11.4. The molecular formula is C9H18N2O. The molecule has 12 heavy (non-hydrogen) atoms. The van der Waals surface area contributed by atoms with Crippen LogP contribution in [0.1, 0.15) is 33.1 Å². The summed E-state index contributed by atoms with van der Waals surface area (Å²) >= 11 is 0. The first-order valence-electron chi connectivity index (χ1n) is 4.67. The third-order valence-corrected chi connectivity index (χ3v) is 2.47. The zero-order valence-corrected chi connectivity index (χ0v) is 7.84. The Morgan fingerprint density at radius 1 is 1.50 bits per heavy atom. The molecule has 3 N–H and O–H groups in total. The second-order valence-electron chi connectivity index (χ2n) is 3.91. The predicted molar refractivity (Wildman–Crippen MR) is 48.6 cm³/mol. The molecule has 0 bridgehead atoms. The number of hydrogen-bond donors (Lipinski definition) is 2.